The number of benzene rings is 1. The maximum atomic E-state index is 12.1. The minimum atomic E-state index is -4.30. The molecule has 1 aromatic carbocycles. The van der Waals surface area contributed by atoms with Gasteiger partial charge in [-0.1, -0.05) is 24.3 Å². The first kappa shape index (κ1) is 27.9. The molecule has 1 heterocycles. The summed E-state index contributed by atoms with van der Waals surface area (Å²) in [5.41, 5.74) is 1.66. The van der Waals surface area contributed by atoms with Gasteiger partial charge in [0.1, 0.15) is 6.61 Å². The van der Waals surface area contributed by atoms with Crippen molar-refractivity contribution in [2.45, 2.75) is 39.1 Å². The topological polar surface area (TPSA) is 64.1 Å². The van der Waals surface area contributed by atoms with Crippen molar-refractivity contribution in [2.24, 2.45) is 10.9 Å². The zero-order valence-corrected chi connectivity index (χ0v) is 20.2. The van der Waals surface area contributed by atoms with E-state index in [1.54, 1.807) is 12.1 Å². The largest absolute Gasteiger partial charge is 0.411 e. The fraction of sp³-hybridized carbons (Fsp3) is 0.667. The molecule has 1 unspecified atom stereocenters. The number of halogens is 4. The van der Waals surface area contributed by atoms with Gasteiger partial charge in [-0.15, -0.1) is 24.0 Å². The van der Waals surface area contributed by atoms with Crippen LogP contribution in [0, 0.1) is 5.92 Å². The van der Waals surface area contributed by atoms with E-state index in [-0.39, 0.29) is 30.6 Å². The van der Waals surface area contributed by atoms with Crippen LogP contribution in [-0.2, 0) is 27.4 Å². The number of ether oxygens (including phenoxy) is 3. The van der Waals surface area contributed by atoms with E-state index in [4.69, 9.17) is 9.47 Å². The number of hydrogen-bond acceptors (Lipinski definition) is 4. The molecule has 0 aliphatic carbocycles. The fourth-order valence-corrected chi connectivity index (χ4v) is 2.88. The van der Waals surface area contributed by atoms with Gasteiger partial charge in [-0.2, -0.15) is 13.2 Å². The number of alkyl halides is 3. The Bertz CT molecular complexity index is 625. The average Bonchev–Trinajstić information content (AvgIpc) is 3.22. The molecular weight excluding hydrogens is 526 g/mol. The van der Waals surface area contributed by atoms with Crippen molar-refractivity contribution in [3.05, 3.63) is 35.4 Å². The monoisotopic (exact) mass is 559 g/mol. The standard InChI is InChI=1S/C21H32F3N3O3.HI/c1-2-25-20(26-9-3-10-28-14-19-8-11-29-15-19)27-12-17-4-6-18(7-5-17)13-30-16-21(22,23)24;/h4-7,19H,2-3,8-16H2,1H3,(H2,25,26,27);1H. The van der Waals surface area contributed by atoms with E-state index >= 15 is 0 Å². The van der Waals surface area contributed by atoms with Crippen LogP contribution in [0.3, 0.4) is 0 Å². The molecule has 0 bridgehead atoms. The summed E-state index contributed by atoms with van der Waals surface area (Å²) in [6.07, 6.45) is -2.34. The van der Waals surface area contributed by atoms with E-state index in [0.717, 1.165) is 57.3 Å². The molecule has 1 aliphatic heterocycles. The van der Waals surface area contributed by atoms with Crippen LogP contribution < -0.4 is 10.6 Å². The lowest BCUT2D eigenvalue weighted by Crippen LogP contribution is -2.38. The van der Waals surface area contributed by atoms with Crippen LogP contribution in [0.2, 0.25) is 0 Å². The van der Waals surface area contributed by atoms with Crippen molar-refractivity contribution in [1.29, 1.82) is 0 Å². The van der Waals surface area contributed by atoms with Gasteiger partial charge in [0.2, 0.25) is 0 Å². The first-order valence-corrected chi connectivity index (χ1v) is 10.4. The molecule has 0 spiro atoms. The predicted molar refractivity (Wildman–Crippen MR) is 125 cm³/mol. The summed E-state index contributed by atoms with van der Waals surface area (Å²) in [5, 5.41) is 6.48. The summed E-state index contributed by atoms with van der Waals surface area (Å²) in [4.78, 5) is 4.55. The van der Waals surface area contributed by atoms with Gasteiger partial charge in [-0.25, -0.2) is 4.99 Å². The van der Waals surface area contributed by atoms with E-state index in [1.807, 2.05) is 19.1 Å². The third-order valence-electron chi connectivity index (χ3n) is 4.46. The van der Waals surface area contributed by atoms with Crippen LogP contribution in [-0.4, -0.2) is 58.3 Å². The summed E-state index contributed by atoms with van der Waals surface area (Å²) in [7, 11) is 0. The summed E-state index contributed by atoms with van der Waals surface area (Å²) in [6, 6.07) is 7.21. The minimum absolute atomic E-state index is 0. The van der Waals surface area contributed by atoms with Crippen molar-refractivity contribution in [1.82, 2.24) is 10.6 Å². The molecule has 0 saturated carbocycles. The predicted octanol–water partition coefficient (Wildman–Crippen LogP) is 3.88. The Balaban J connectivity index is 0.00000480. The van der Waals surface area contributed by atoms with E-state index in [9.17, 15) is 13.2 Å². The zero-order chi connectivity index (χ0) is 21.7. The van der Waals surface area contributed by atoms with Crippen LogP contribution in [0.25, 0.3) is 0 Å². The SMILES string of the molecule is CCNC(=NCc1ccc(COCC(F)(F)F)cc1)NCCCOCC1CCOC1.I. The van der Waals surface area contributed by atoms with E-state index in [1.165, 1.54) is 0 Å². The second-order valence-corrected chi connectivity index (χ2v) is 7.20. The lowest BCUT2D eigenvalue weighted by molar-refractivity contribution is -0.176. The van der Waals surface area contributed by atoms with Crippen LogP contribution >= 0.6 is 24.0 Å². The maximum absolute atomic E-state index is 12.1. The Morgan fingerprint density at radius 3 is 2.55 bits per heavy atom. The average molecular weight is 559 g/mol. The number of hydrogen-bond donors (Lipinski definition) is 2. The molecule has 0 amide bonds. The molecule has 6 nitrogen and oxygen atoms in total. The second kappa shape index (κ2) is 15.7. The molecule has 1 saturated heterocycles. The molecular formula is C21H33F3IN3O3. The summed E-state index contributed by atoms with van der Waals surface area (Å²) in [5.74, 6) is 1.25. The number of rotatable bonds is 12. The summed E-state index contributed by atoms with van der Waals surface area (Å²) >= 11 is 0. The highest BCUT2D eigenvalue weighted by atomic mass is 127. The van der Waals surface area contributed by atoms with Crippen molar-refractivity contribution in [2.75, 3.05) is 46.1 Å². The van der Waals surface area contributed by atoms with Gasteiger partial charge in [0.05, 0.1) is 26.4 Å². The Morgan fingerprint density at radius 1 is 1.16 bits per heavy atom. The van der Waals surface area contributed by atoms with Crippen LogP contribution in [0.15, 0.2) is 29.3 Å². The van der Waals surface area contributed by atoms with Crippen LogP contribution in [0.5, 0.6) is 0 Å². The Hall–Kier alpha value is -1.11. The highest BCUT2D eigenvalue weighted by molar-refractivity contribution is 14.0. The highest BCUT2D eigenvalue weighted by Gasteiger charge is 2.27. The lowest BCUT2D eigenvalue weighted by atomic mass is 10.1. The smallest absolute Gasteiger partial charge is 0.381 e. The third-order valence-corrected chi connectivity index (χ3v) is 4.46. The van der Waals surface area contributed by atoms with E-state index < -0.39 is 12.8 Å². The number of aliphatic imine (C=N–C) groups is 1. The van der Waals surface area contributed by atoms with E-state index in [2.05, 4.69) is 20.4 Å². The maximum Gasteiger partial charge on any atom is 0.411 e. The van der Waals surface area contributed by atoms with Gasteiger partial charge in [-0.05, 0) is 30.9 Å². The second-order valence-electron chi connectivity index (χ2n) is 7.20. The Labute approximate surface area is 199 Å². The molecule has 10 heteroatoms. The minimum Gasteiger partial charge on any atom is -0.381 e. The number of nitrogens with zero attached hydrogens (tertiary/aromatic N) is 1. The molecule has 31 heavy (non-hydrogen) atoms. The Kier molecular flexibility index (Phi) is 14.1. The van der Waals surface area contributed by atoms with E-state index in [0.29, 0.717) is 24.6 Å². The molecule has 2 rings (SSSR count). The number of nitrogens with one attached hydrogen (secondary N) is 2. The zero-order valence-electron chi connectivity index (χ0n) is 17.9. The molecule has 178 valence electrons. The van der Waals surface area contributed by atoms with Gasteiger partial charge in [-0.3, -0.25) is 0 Å². The molecule has 1 fully saturated rings. The van der Waals surface area contributed by atoms with Crippen molar-refractivity contribution in [3.8, 4) is 0 Å². The lowest BCUT2D eigenvalue weighted by Gasteiger charge is -2.12. The summed E-state index contributed by atoms with van der Waals surface area (Å²) in [6.45, 7) is 5.76. The fourth-order valence-electron chi connectivity index (χ4n) is 2.88. The highest BCUT2D eigenvalue weighted by Crippen LogP contribution is 2.16. The Morgan fingerprint density at radius 2 is 1.90 bits per heavy atom. The third kappa shape index (κ3) is 13.1. The van der Waals surface area contributed by atoms with Gasteiger partial charge >= 0.3 is 6.18 Å². The van der Waals surface area contributed by atoms with Gasteiger partial charge < -0.3 is 24.8 Å². The van der Waals surface area contributed by atoms with Gasteiger partial charge in [0, 0.05) is 32.2 Å². The molecule has 1 atom stereocenters. The van der Waals surface area contributed by atoms with Crippen LogP contribution in [0.1, 0.15) is 30.9 Å². The van der Waals surface area contributed by atoms with Crippen molar-refractivity contribution < 1.29 is 27.4 Å². The normalized spacial score (nSPS) is 16.8. The van der Waals surface area contributed by atoms with Crippen molar-refractivity contribution >= 4 is 29.9 Å². The molecule has 0 aromatic heterocycles. The first-order valence-electron chi connectivity index (χ1n) is 10.4. The first-order chi connectivity index (χ1) is 14.5. The van der Waals surface area contributed by atoms with Crippen LogP contribution in [0.4, 0.5) is 13.2 Å². The van der Waals surface area contributed by atoms with Gasteiger partial charge in [0.15, 0.2) is 5.96 Å². The number of guanidine groups is 1. The molecule has 1 aliphatic rings. The molecule has 2 N–H and O–H groups in total. The summed E-state index contributed by atoms with van der Waals surface area (Å²) < 4.78 is 52.0. The molecule has 0 radical (unpaired) electrons. The quantitative estimate of drug-likeness (QED) is 0.176. The molecule has 1 aromatic rings. The van der Waals surface area contributed by atoms with Crippen molar-refractivity contribution in [3.63, 3.8) is 0 Å². The van der Waals surface area contributed by atoms with Gasteiger partial charge in [0.25, 0.3) is 0 Å².